The lowest BCUT2D eigenvalue weighted by atomic mass is 10.1. The van der Waals surface area contributed by atoms with Crippen LogP contribution in [0.15, 0.2) is 30.3 Å². The fourth-order valence-electron chi connectivity index (χ4n) is 3.08. The van der Waals surface area contributed by atoms with Gasteiger partial charge in [-0.05, 0) is 31.0 Å². The fraction of sp³-hybridized carbons (Fsp3) is 0.278. The Kier molecular flexibility index (Phi) is 4.43. The molecule has 2 aromatic heterocycles. The van der Waals surface area contributed by atoms with Crippen LogP contribution in [0.3, 0.4) is 0 Å². The second-order valence-corrected chi connectivity index (χ2v) is 6.34. The van der Waals surface area contributed by atoms with E-state index in [0.29, 0.717) is 22.9 Å². The summed E-state index contributed by atoms with van der Waals surface area (Å²) in [7, 11) is 0. The molecule has 28 heavy (non-hydrogen) atoms. The number of rotatable bonds is 3. The van der Waals surface area contributed by atoms with Gasteiger partial charge in [0.1, 0.15) is 11.8 Å². The van der Waals surface area contributed by atoms with Gasteiger partial charge in [0, 0.05) is 18.7 Å². The van der Waals surface area contributed by atoms with Crippen molar-refractivity contribution < 1.29 is 13.2 Å². The monoisotopic (exact) mass is 385 g/mol. The molecule has 0 radical (unpaired) electrons. The van der Waals surface area contributed by atoms with Crippen molar-refractivity contribution >= 4 is 5.95 Å². The van der Waals surface area contributed by atoms with E-state index in [9.17, 15) is 18.4 Å². The highest BCUT2D eigenvalue weighted by molar-refractivity contribution is 5.70. The van der Waals surface area contributed by atoms with Gasteiger partial charge < -0.3 is 4.90 Å². The van der Waals surface area contributed by atoms with Gasteiger partial charge in [-0.1, -0.05) is 12.1 Å². The molecule has 0 aliphatic carbocycles. The molecule has 142 valence electrons. The predicted molar refractivity (Wildman–Crippen MR) is 94.0 cm³/mol. The van der Waals surface area contributed by atoms with Crippen LogP contribution >= 0.6 is 0 Å². The summed E-state index contributed by atoms with van der Waals surface area (Å²) in [6, 6.07) is 8.32. The largest absolute Gasteiger partial charge is 0.416 e. The first kappa shape index (κ1) is 17.9. The highest BCUT2D eigenvalue weighted by Gasteiger charge is 2.30. The predicted octanol–water partition coefficient (Wildman–Crippen LogP) is 3.42. The molecule has 7 nitrogen and oxygen atoms in total. The lowest BCUT2D eigenvalue weighted by Gasteiger charge is -2.17. The molecule has 3 aromatic rings. The number of hydrogen-bond donors (Lipinski definition) is 1. The Morgan fingerprint density at radius 2 is 1.68 bits per heavy atom. The summed E-state index contributed by atoms with van der Waals surface area (Å²) in [5, 5.41) is 19.4. The number of nitrogens with zero attached hydrogens (tertiary/aromatic N) is 6. The zero-order chi connectivity index (χ0) is 19.7. The van der Waals surface area contributed by atoms with Crippen molar-refractivity contribution in [3.8, 4) is 28.7 Å². The lowest BCUT2D eigenvalue weighted by Crippen LogP contribution is -2.21. The summed E-state index contributed by atoms with van der Waals surface area (Å²) in [6.45, 7) is 1.58. The average molecular weight is 385 g/mol. The van der Waals surface area contributed by atoms with Crippen molar-refractivity contribution in [3.05, 3.63) is 41.6 Å². The zero-order valence-electron chi connectivity index (χ0n) is 14.5. The number of aromatic amines is 1. The van der Waals surface area contributed by atoms with Gasteiger partial charge in [0.2, 0.25) is 5.95 Å². The van der Waals surface area contributed by atoms with Crippen molar-refractivity contribution in [3.63, 3.8) is 0 Å². The van der Waals surface area contributed by atoms with Crippen molar-refractivity contribution in [1.29, 1.82) is 5.26 Å². The second-order valence-electron chi connectivity index (χ2n) is 6.34. The molecule has 10 heteroatoms. The Balaban J connectivity index is 1.81. The topological polar surface area (TPSA) is 94.4 Å². The van der Waals surface area contributed by atoms with Gasteiger partial charge in [-0.3, -0.25) is 0 Å². The molecule has 0 atom stereocenters. The highest BCUT2D eigenvalue weighted by Crippen LogP contribution is 2.32. The molecule has 0 spiro atoms. The highest BCUT2D eigenvalue weighted by atomic mass is 19.4. The first-order valence-corrected chi connectivity index (χ1v) is 8.58. The minimum absolute atomic E-state index is 0.0874. The maximum absolute atomic E-state index is 12.8. The number of hydrogen-bond acceptors (Lipinski definition) is 6. The summed E-state index contributed by atoms with van der Waals surface area (Å²) in [5.41, 5.74) is 0.986. The van der Waals surface area contributed by atoms with Crippen LogP contribution in [-0.2, 0) is 6.18 Å². The molecule has 0 saturated carbocycles. The summed E-state index contributed by atoms with van der Waals surface area (Å²) >= 11 is 0. The maximum atomic E-state index is 12.8. The van der Waals surface area contributed by atoms with Crippen molar-refractivity contribution in [2.24, 2.45) is 0 Å². The molecule has 1 fully saturated rings. The number of alkyl halides is 3. The van der Waals surface area contributed by atoms with E-state index >= 15 is 0 Å². The van der Waals surface area contributed by atoms with Gasteiger partial charge in [0.15, 0.2) is 5.69 Å². The number of nitriles is 1. The molecule has 1 saturated heterocycles. The molecule has 0 bridgehead atoms. The molecule has 4 rings (SSSR count). The Morgan fingerprint density at radius 3 is 2.32 bits per heavy atom. The first-order chi connectivity index (χ1) is 13.5. The first-order valence-electron chi connectivity index (χ1n) is 8.58. The third-order valence-electron chi connectivity index (χ3n) is 4.51. The number of aromatic nitrogens is 5. The van der Waals surface area contributed by atoms with E-state index in [0.717, 1.165) is 38.1 Å². The molecule has 0 amide bonds. The third-order valence-corrected chi connectivity index (χ3v) is 4.51. The lowest BCUT2D eigenvalue weighted by molar-refractivity contribution is -0.137. The quantitative estimate of drug-likeness (QED) is 0.742. The number of H-pyrrole nitrogens is 1. The summed E-state index contributed by atoms with van der Waals surface area (Å²) < 4.78 is 38.5. The van der Waals surface area contributed by atoms with E-state index in [1.807, 2.05) is 11.0 Å². The molecular weight excluding hydrogens is 371 g/mol. The number of nitrogens with one attached hydrogen (secondary N) is 1. The van der Waals surface area contributed by atoms with Gasteiger partial charge >= 0.3 is 6.18 Å². The average Bonchev–Trinajstić information content (AvgIpc) is 3.38. The van der Waals surface area contributed by atoms with Gasteiger partial charge in [0.25, 0.3) is 0 Å². The standard InChI is InChI=1S/C18H14F3N7/c19-18(20,21)12-5-3-11(4-6-12)13-9-14(16-15(10-22)25-27-26-16)24-17(23-13)28-7-1-2-8-28/h3-6,9H,1-2,7-8H2,(H,25,26,27). The van der Waals surface area contributed by atoms with Gasteiger partial charge in [-0.25, -0.2) is 9.97 Å². The second kappa shape index (κ2) is 6.92. The van der Waals surface area contributed by atoms with E-state index in [2.05, 4.69) is 25.4 Å². The van der Waals surface area contributed by atoms with E-state index in [1.165, 1.54) is 12.1 Å². The molecule has 1 aliphatic heterocycles. The van der Waals surface area contributed by atoms with E-state index < -0.39 is 11.7 Å². The van der Waals surface area contributed by atoms with Crippen molar-refractivity contribution in [2.75, 3.05) is 18.0 Å². The minimum Gasteiger partial charge on any atom is -0.341 e. The smallest absolute Gasteiger partial charge is 0.341 e. The Morgan fingerprint density at radius 1 is 1.00 bits per heavy atom. The number of halogens is 3. The van der Waals surface area contributed by atoms with Crippen LogP contribution < -0.4 is 4.90 Å². The summed E-state index contributed by atoms with van der Waals surface area (Å²) in [4.78, 5) is 11.0. The SMILES string of the molecule is N#Cc1n[nH]nc1-c1cc(-c2ccc(C(F)(F)F)cc2)nc(N2CCCC2)n1. The van der Waals surface area contributed by atoms with E-state index in [4.69, 9.17) is 0 Å². The summed E-state index contributed by atoms with van der Waals surface area (Å²) in [6.07, 6.45) is -2.38. The third kappa shape index (κ3) is 3.38. The molecule has 1 aliphatic rings. The zero-order valence-corrected chi connectivity index (χ0v) is 14.5. The minimum atomic E-state index is -4.40. The molecule has 1 aromatic carbocycles. The normalized spacial score (nSPS) is 14.3. The molecule has 3 heterocycles. The summed E-state index contributed by atoms with van der Waals surface area (Å²) in [5.74, 6) is 0.455. The Bertz CT molecular complexity index is 1030. The number of benzene rings is 1. The van der Waals surface area contributed by atoms with Gasteiger partial charge in [-0.15, -0.1) is 5.10 Å². The van der Waals surface area contributed by atoms with Gasteiger partial charge in [-0.2, -0.15) is 28.7 Å². The maximum Gasteiger partial charge on any atom is 0.416 e. The number of anilines is 1. The fourth-order valence-corrected chi connectivity index (χ4v) is 3.08. The van der Waals surface area contributed by atoms with Crippen LogP contribution in [-0.4, -0.2) is 38.5 Å². The van der Waals surface area contributed by atoms with Crippen molar-refractivity contribution in [2.45, 2.75) is 19.0 Å². The van der Waals surface area contributed by atoms with Crippen LogP contribution in [0.1, 0.15) is 24.1 Å². The van der Waals surface area contributed by atoms with Crippen LogP contribution in [0.25, 0.3) is 22.6 Å². The molecule has 1 N–H and O–H groups in total. The van der Waals surface area contributed by atoms with Crippen molar-refractivity contribution in [1.82, 2.24) is 25.4 Å². The molecular formula is C18H14F3N7. The van der Waals surface area contributed by atoms with Crippen LogP contribution in [0.5, 0.6) is 0 Å². The van der Waals surface area contributed by atoms with Gasteiger partial charge in [0.05, 0.1) is 17.0 Å². The van der Waals surface area contributed by atoms with Crippen LogP contribution in [0.2, 0.25) is 0 Å². The van der Waals surface area contributed by atoms with E-state index in [-0.39, 0.29) is 11.4 Å². The Labute approximate surface area is 157 Å². The van der Waals surface area contributed by atoms with Crippen LogP contribution in [0.4, 0.5) is 19.1 Å². The molecule has 0 unspecified atom stereocenters. The van der Waals surface area contributed by atoms with Crippen LogP contribution in [0, 0.1) is 11.3 Å². The Hall–Kier alpha value is -3.48. The van der Waals surface area contributed by atoms with E-state index in [1.54, 1.807) is 6.07 Å².